The first-order valence-corrected chi connectivity index (χ1v) is 7.69. The third kappa shape index (κ3) is 44.5. The first-order chi connectivity index (χ1) is 8.39. The molecule has 0 radical (unpaired) electrons. The maximum absolute atomic E-state index is 9.47. The number of quaternary nitrogens is 2. The van der Waals surface area contributed by atoms with Gasteiger partial charge in [0.05, 0.1) is 26.3 Å². The van der Waals surface area contributed by atoms with Crippen molar-refractivity contribution in [1.29, 1.82) is 0 Å². The zero-order valence-electron chi connectivity index (χ0n) is 11.9. The monoisotopic (exact) mass is 288 g/mol. The minimum absolute atomic E-state index is 0.285. The fourth-order valence-electron chi connectivity index (χ4n) is 0.493. The lowest BCUT2D eigenvalue weighted by Gasteiger charge is -2.26. The van der Waals surface area contributed by atoms with E-state index < -0.39 is 7.60 Å². The van der Waals surface area contributed by atoms with Gasteiger partial charge in [-0.3, -0.25) is 0 Å². The van der Waals surface area contributed by atoms with Gasteiger partial charge in [0.1, 0.15) is 0 Å². The Morgan fingerprint density at radius 2 is 1.28 bits per heavy atom. The maximum Gasteiger partial charge on any atom is 0.0762 e. The maximum atomic E-state index is 9.47. The minimum atomic E-state index is -4.15. The molecule has 0 unspecified atom stereocenters. The minimum Gasteiger partial charge on any atom is -0.811 e. The van der Waals surface area contributed by atoms with Crippen LogP contribution < -0.4 is 21.3 Å². The lowest BCUT2D eigenvalue weighted by Crippen LogP contribution is -2.50. The molecule has 0 rings (SSSR count). The Hall–Kier alpha value is -0.0100. The van der Waals surface area contributed by atoms with Crippen LogP contribution in [0, 0.1) is 0 Å². The van der Waals surface area contributed by atoms with Gasteiger partial charge in [-0.15, -0.1) is 0 Å². The van der Waals surface area contributed by atoms with Gasteiger partial charge >= 0.3 is 0 Å². The van der Waals surface area contributed by atoms with Gasteiger partial charge in [0, 0.05) is 27.1 Å². The number of methoxy groups -OCH3 is 2. The third-order valence-corrected chi connectivity index (χ3v) is 2.36. The SMILES string of the molecule is CCP(=O)([O-])[O-].COCCC[NH3+].COCCC[NH3+]. The first-order valence-electron chi connectivity index (χ1n) is 5.96. The van der Waals surface area contributed by atoms with Crippen LogP contribution in [-0.2, 0) is 14.0 Å². The van der Waals surface area contributed by atoms with E-state index in [1.807, 2.05) is 0 Å². The van der Waals surface area contributed by atoms with E-state index in [4.69, 9.17) is 9.47 Å². The van der Waals surface area contributed by atoms with Gasteiger partial charge in [0.25, 0.3) is 0 Å². The van der Waals surface area contributed by atoms with Crippen molar-refractivity contribution in [2.75, 3.05) is 46.7 Å². The van der Waals surface area contributed by atoms with Crippen molar-refractivity contribution < 1.29 is 35.3 Å². The lowest BCUT2D eigenvalue weighted by molar-refractivity contribution is -0.369. The highest BCUT2D eigenvalue weighted by atomic mass is 31.2. The fourth-order valence-corrected chi connectivity index (χ4v) is 0.493. The van der Waals surface area contributed by atoms with Crippen LogP contribution in [0.2, 0.25) is 0 Å². The van der Waals surface area contributed by atoms with E-state index in [9.17, 15) is 14.4 Å². The standard InChI is InChI=1S/2C4H11NO.C2H7O3P/c2*1-6-4-2-3-5;1-2-6(3,4)5/h2*2-5H2,1H3;2H2,1H3,(H2,3,4,5). The summed E-state index contributed by atoms with van der Waals surface area (Å²) in [5, 5.41) is 0. The van der Waals surface area contributed by atoms with Crippen molar-refractivity contribution in [3.05, 3.63) is 0 Å². The predicted molar refractivity (Wildman–Crippen MR) is 66.6 cm³/mol. The fraction of sp³-hybridized carbons (Fsp3) is 1.00. The molecule has 0 aromatic heterocycles. The molecule has 0 aromatic rings. The molecule has 0 saturated carbocycles. The summed E-state index contributed by atoms with van der Waals surface area (Å²) in [6.45, 7) is 4.98. The van der Waals surface area contributed by atoms with Crippen molar-refractivity contribution in [2.24, 2.45) is 0 Å². The summed E-state index contributed by atoms with van der Waals surface area (Å²) in [5.41, 5.74) is 7.29. The second-order valence-corrected chi connectivity index (χ2v) is 5.18. The van der Waals surface area contributed by atoms with E-state index in [1.54, 1.807) is 14.2 Å². The van der Waals surface area contributed by atoms with Crippen LogP contribution in [0.1, 0.15) is 19.8 Å². The van der Waals surface area contributed by atoms with E-state index in [0.29, 0.717) is 0 Å². The summed E-state index contributed by atoms with van der Waals surface area (Å²) in [5.74, 6) is 0. The van der Waals surface area contributed by atoms with Crippen LogP contribution in [0.4, 0.5) is 0 Å². The van der Waals surface area contributed by atoms with Gasteiger partial charge in [-0.05, 0) is 6.16 Å². The molecule has 0 heterocycles. The molecule has 6 N–H and O–H groups in total. The van der Waals surface area contributed by atoms with Gasteiger partial charge in [0.2, 0.25) is 0 Å². The van der Waals surface area contributed by atoms with Crippen molar-refractivity contribution in [3.8, 4) is 0 Å². The van der Waals surface area contributed by atoms with E-state index in [1.165, 1.54) is 6.92 Å². The number of ether oxygens (including phenoxy) is 2. The summed E-state index contributed by atoms with van der Waals surface area (Å²) in [6, 6.07) is 0. The quantitative estimate of drug-likeness (QED) is 0.392. The van der Waals surface area contributed by atoms with Gasteiger partial charge in [-0.2, -0.15) is 0 Å². The Morgan fingerprint density at radius 3 is 1.33 bits per heavy atom. The van der Waals surface area contributed by atoms with Crippen LogP contribution in [0.3, 0.4) is 0 Å². The van der Waals surface area contributed by atoms with Gasteiger partial charge in [-0.1, -0.05) is 14.5 Å². The van der Waals surface area contributed by atoms with E-state index in [0.717, 1.165) is 39.1 Å². The number of hydrogen-bond acceptors (Lipinski definition) is 5. The van der Waals surface area contributed by atoms with Crippen LogP contribution in [0.5, 0.6) is 0 Å². The second-order valence-electron chi connectivity index (χ2n) is 3.33. The van der Waals surface area contributed by atoms with Crippen LogP contribution >= 0.6 is 7.60 Å². The van der Waals surface area contributed by atoms with Gasteiger partial charge < -0.3 is 35.3 Å². The molecule has 8 heteroatoms. The molecule has 18 heavy (non-hydrogen) atoms. The molecule has 0 spiro atoms. The number of hydrogen-bond donors (Lipinski definition) is 2. The van der Waals surface area contributed by atoms with Crippen molar-refractivity contribution in [1.82, 2.24) is 0 Å². The largest absolute Gasteiger partial charge is 0.811 e. The highest BCUT2D eigenvalue weighted by Crippen LogP contribution is 2.19. The third-order valence-electron chi connectivity index (χ3n) is 1.58. The Balaban J connectivity index is -0.000000187. The van der Waals surface area contributed by atoms with Crippen molar-refractivity contribution >= 4 is 7.60 Å². The van der Waals surface area contributed by atoms with Crippen LogP contribution in [-0.4, -0.2) is 46.7 Å². The summed E-state index contributed by atoms with van der Waals surface area (Å²) in [6.07, 6.45) is 1.88. The lowest BCUT2D eigenvalue weighted by atomic mass is 10.5. The Labute approximate surface area is 110 Å². The Bertz CT molecular complexity index is 162. The zero-order chi connectivity index (χ0) is 14.9. The van der Waals surface area contributed by atoms with Gasteiger partial charge in [0.15, 0.2) is 0 Å². The molecule has 0 aliphatic carbocycles. The van der Waals surface area contributed by atoms with E-state index in [2.05, 4.69) is 11.5 Å². The molecule has 0 aromatic carbocycles. The molecule has 0 fully saturated rings. The number of rotatable bonds is 7. The Kier molecular flexibility index (Phi) is 24.8. The average molecular weight is 288 g/mol. The average Bonchev–Trinajstić information content (AvgIpc) is 2.34. The van der Waals surface area contributed by atoms with E-state index >= 15 is 0 Å². The Morgan fingerprint density at radius 1 is 1.00 bits per heavy atom. The molecule has 0 saturated heterocycles. The normalized spacial score (nSPS) is 9.94. The molecule has 0 bridgehead atoms. The highest BCUT2D eigenvalue weighted by Gasteiger charge is 1.78. The van der Waals surface area contributed by atoms with Gasteiger partial charge in [-0.25, -0.2) is 0 Å². The molecule has 0 amide bonds. The topological polar surface area (TPSA) is 137 Å². The molecular weight excluding hydrogens is 259 g/mol. The summed E-state index contributed by atoms with van der Waals surface area (Å²) < 4.78 is 19.0. The first kappa shape index (κ1) is 23.1. The molecule has 114 valence electrons. The summed E-state index contributed by atoms with van der Waals surface area (Å²) >= 11 is 0. The molecule has 7 nitrogen and oxygen atoms in total. The summed E-state index contributed by atoms with van der Waals surface area (Å²) in [4.78, 5) is 18.9. The molecular formula is C10H29N2O5P. The second kappa shape index (κ2) is 19.3. The molecule has 0 aliphatic heterocycles. The zero-order valence-corrected chi connectivity index (χ0v) is 12.7. The molecule has 0 atom stereocenters. The predicted octanol–water partition coefficient (Wildman–Crippen LogP) is -2.55. The summed E-state index contributed by atoms with van der Waals surface area (Å²) in [7, 11) is -0.739. The van der Waals surface area contributed by atoms with Crippen molar-refractivity contribution in [2.45, 2.75) is 19.8 Å². The molecule has 0 aliphatic rings. The van der Waals surface area contributed by atoms with E-state index in [-0.39, 0.29) is 6.16 Å². The van der Waals surface area contributed by atoms with Crippen LogP contribution in [0.15, 0.2) is 0 Å². The smallest absolute Gasteiger partial charge is 0.0762 e. The highest BCUT2D eigenvalue weighted by molar-refractivity contribution is 7.48. The van der Waals surface area contributed by atoms with Crippen LogP contribution in [0.25, 0.3) is 0 Å². The van der Waals surface area contributed by atoms with Crippen molar-refractivity contribution in [3.63, 3.8) is 0 Å².